The molecule has 8 heteroatoms. The Morgan fingerprint density at radius 3 is 2.69 bits per heavy atom. The number of nitrogens with zero attached hydrogens (tertiary/aromatic N) is 2. The van der Waals surface area contributed by atoms with Gasteiger partial charge in [-0.3, -0.25) is 14.5 Å². The summed E-state index contributed by atoms with van der Waals surface area (Å²) in [4.78, 5) is 26.2. The number of hydrogen-bond acceptors (Lipinski definition) is 6. The first kappa shape index (κ1) is 20.4. The number of imide groups is 1. The molecule has 148 valence electrons. The first-order valence-corrected chi connectivity index (χ1v) is 9.60. The molecule has 0 N–H and O–H groups in total. The van der Waals surface area contributed by atoms with Crippen LogP contribution in [0.15, 0.2) is 47.4 Å². The van der Waals surface area contributed by atoms with E-state index in [2.05, 4.69) is 0 Å². The summed E-state index contributed by atoms with van der Waals surface area (Å²) in [7, 11) is 0. The molecule has 0 radical (unpaired) electrons. The number of carbonyl (C=O) groups is 2. The minimum absolute atomic E-state index is 0.117. The van der Waals surface area contributed by atoms with Crippen LogP contribution in [-0.4, -0.2) is 29.3 Å². The molecule has 1 aliphatic rings. The minimum Gasteiger partial charge on any atom is -0.490 e. The largest absolute Gasteiger partial charge is 0.490 e. The maximum absolute atomic E-state index is 13.9. The zero-order chi connectivity index (χ0) is 20.8. The first-order chi connectivity index (χ1) is 14.0. The topological polar surface area (TPSA) is 79.6 Å². The molecule has 2 aromatic carbocycles. The van der Waals surface area contributed by atoms with E-state index in [0.717, 1.165) is 16.7 Å². The monoisotopic (exact) mass is 412 g/mol. The lowest BCUT2D eigenvalue weighted by molar-refractivity contribution is -0.123. The third-order valence-electron chi connectivity index (χ3n) is 4.02. The molecular weight excluding hydrogens is 395 g/mol. The predicted octanol–water partition coefficient (Wildman–Crippen LogP) is 4.36. The van der Waals surface area contributed by atoms with E-state index >= 15 is 0 Å². The van der Waals surface area contributed by atoms with Crippen LogP contribution >= 0.6 is 11.8 Å². The molecule has 0 aromatic heterocycles. The van der Waals surface area contributed by atoms with Gasteiger partial charge in [0.05, 0.1) is 18.1 Å². The van der Waals surface area contributed by atoms with Crippen molar-refractivity contribution < 1.29 is 23.5 Å². The van der Waals surface area contributed by atoms with Crippen LogP contribution in [0.5, 0.6) is 11.5 Å². The van der Waals surface area contributed by atoms with Crippen LogP contribution in [-0.2, 0) is 11.3 Å². The van der Waals surface area contributed by atoms with E-state index in [1.54, 1.807) is 36.4 Å². The summed E-state index contributed by atoms with van der Waals surface area (Å²) in [5.74, 6) is -0.101. The summed E-state index contributed by atoms with van der Waals surface area (Å²) >= 11 is 0.800. The lowest BCUT2D eigenvalue weighted by atomic mass is 10.1. The lowest BCUT2D eigenvalue weighted by Gasteiger charge is -2.13. The number of halogens is 1. The molecule has 0 unspecified atom stereocenters. The Labute approximate surface area is 171 Å². The van der Waals surface area contributed by atoms with Gasteiger partial charge >= 0.3 is 0 Å². The van der Waals surface area contributed by atoms with Crippen molar-refractivity contribution in [2.45, 2.75) is 13.5 Å². The molecule has 1 aliphatic heterocycles. The second-order valence-corrected chi connectivity index (χ2v) is 6.94. The van der Waals surface area contributed by atoms with Gasteiger partial charge in [-0.05, 0) is 48.5 Å². The molecule has 0 aliphatic carbocycles. The highest BCUT2D eigenvalue weighted by molar-refractivity contribution is 8.18. The summed E-state index contributed by atoms with van der Waals surface area (Å²) in [6.45, 7) is 1.97. The van der Waals surface area contributed by atoms with Crippen LogP contribution < -0.4 is 9.47 Å². The van der Waals surface area contributed by atoms with Gasteiger partial charge in [0, 0.05) is 5.56 Å². The maximum atomic E-state index is 13.9. The lowest BCUT2D eigenvalue weighted by Crippen LogP contribution is -2.27. The molecule has 6 nitrogen and oxygen atoms in total. The molecule has 2 aromatic rings. The van der Waals surface area contributed by atoms with E-state index in [0.29, 0.717) is 23.7 Å². The highest BCUT2D eigenvalue weighted by Gasteiger charge is 2.35. The van der Waals surface area contributed by atoms with Gasteiger partial charge in [0.15, 0.2) is 18.1 Å². The van der Waals surface area contributed by atoms with Crippen LogP contribution in [0, 0.1) is 17.1 Å². The number of amides is 2. The van der Waals surface area contributed by atoms with Crippen molar-refractivity contribution in [1.82, 2.24) is 4.90 Å². The van der Waals surface area contributed by atoms with Crippen LogP contribution in [0.2, 0.25) is 0 Å². The van der Waals surface area contributed by atoms with Crippen molar-refractivity contribution >= 4 is 29.0 Å². The fraction of sp³-hybridized carbons (Fsp3) is 0.190. The van der Waals surface area contributed by atoms with Crippen molar-refractivity contribution in [3.05, 3.63) is 64.3 Å². The average molecular weight is 412 g/mol. The summed E-state index contributed by atoms with van der Waals surface area (Å²) in [6.07, 6.45) is 1.57. The molecule has 0 spiro atoms. The molecule has 1 saturated heterocycles. The van der Waals surface area contributed by atoms with Crippen LogP contribution in [0.25, 0.3) is 6.08 Å². The van der Waals surface area contributed by atoms with E-state index in [1.165, 1.54) is 12.1 Å². The van der Waals surface area contributed by atoms with Gasteiger partial charge in [-0.2, -0.15) is 5.26 Å². The van der Waals surface area contributed by atoms with Gasteiger partial charge in [-0.25, -0.2) is 4.39 Å². The quantitative estimate of drug-likeness (QED) is 0.629. The number of rotatable bonds is 7. The van der Waals surface area contributed by atoms with E-state index in [-0.39, 0.29) is 23.6 Å². The number of hydrogen-bond donors (Lipinski definition) is 0. The fourth-order valence-electron chi connectivity index (χ4n) is 2.70. The summed E-state index contributed by atoms with van der Waals surface area (Å²) in [5.41, 5.74) is 0.905. The molecule has 2 amide bonds. The van der Waals surface area contributed by atoms with Crippen LogP contribution in [0.1, 0.15) is 18.1 Å². The van der Waals surface area contributed by atoms with Gasteiger partial charge < -0.3 is 9.47 Å². The summed E-state index contributed by atoms with van der Waals surface area (Å²) in [5, 5.41) is 8.21. The normalized spacial score (nSPS) is 14.9. The van der Waals surface area contributed by atoms with Gasteiger partial charge in [0.1, 0.15) is 11.9 Å². The number of ether oxygens (including phenoxy) is 2. The highest BCUT2D eigenvalue weighted by Crippen LogP contribution is 2.35. The smallest absolute Gasteiger partial charge is 0.293 e. The zero-order valence-corrected chi connectivity index (χ0v) is 16.4. The molecule has 0 bridgehead atoms. The summed E-state index contributed by atoms with van der Waals surface area (Å²) < 4.78 is 24.7. The third kappa shape index (κ3) is 4.76. The average Bonchev–Trinajstić information content (AvgIpc) is 2.96. The van der Waals surface area contributed by atoms with Gasteiger partial charge in [-0.15, -0.1) is 0 Å². The van der Waals surface area contributed by atoms with Crippen LogP contribution in [0.3, 0.4) is 0 Å². The van der Waals surface area contributed by atoms with Crippen molar-refractivity contribution in [3.63, 3.8) is 0 Å². The first-order valence-electron chi connectivity index (χ1n) is 8.79. The van der Waals surface area contributed by atoms with Crippen molar-refractivity contribution in [1.29, 1.82) is 5.26 Å². The third-order valence-corrected chi connectivity index (χ3v) is 4.92. The Kier molecular flexibility index (Phi) is 6.52. The number of benzene rings is 2. The molecule has 29 heavy (non-hydrogen) atoms. The summed E-state index contributed by atoms with van der Waals surface area (Å²) in [6, 6.07) is 12.9. The van der Waals surface area contributed by atoms with Gasteiger partial charge in [0.2, 0.25) is 0 Å². The predicted molar refractivity (Wildman–Crippen MR) is 107 cm³/mol. The molecule has 0 saturated carbocycles. The van der Waals surface area contributed by atoms with Crippen LogP contribution in [0.4, 0.5) is 9.18 Å². The zero-order valence-electron chi connectivity index (χ0n) is 15.6. The van der Waals surface area contributed by atoms with E-state index in [1.807, 2.05) is 13.0 Å². The van der Waals surface area contributed by atoms with E-state index < -0.39 is 17.0 Å². The highest BCUT2D eigenvalue weighted by atomic mass is 32.2. The van der Waals surface area contributed by atoms with Crippen molar-refractivity contribution in [3.8, 4) is 17.6 Å². The molecule has 1 heterocycles. The van der Waals surface area contributed by atoms with Crippen molar-refractivity contribution in [2.24, 2.45) is 0 Å². The van der Waals surface area contributed by atoms with Crippen molar-refractivity contribution in [2.75, 3.05) is 13.2 Å². The van der Waals surface area contributed by atoms with E-state index in [4.69, 9.17) is 14.7 Å². The van der Waals surface area contributed by atoms with Gasteiger partial charge in [-0.1, -0.05) is 24.3 Å². The Morgan fingerprint density at radius 1 is 1.17 bits per heavy atom. The Balaban J connectivity index is 1.82. The Bertz CT molecular complexity index is 1020. The Morgan fingerprint density at radius 2 is 1.97 bits per heavy atom. The fourth-order valence-corrected chi connectivity index (χ4v) is 3.53. The number of thioether (sulfide) groups is 1. The number of nitriles is 1. The minimum atomic E-state index is -0.481. The van der Waals surface area contributed by atoms with Gasteiger partial charge in [0.25, 0.3) is 11.1 Å². The molecule has 0 atom stereocenters. The number of carbonyl (C=O) groups excluding carboxylic acids is 2. The molecule has 1 fully saturated rings. The van der Waals surface area contributed by atoms with E-state index in [9.17, 15) is 14.0 Å². The second-order valence-electron chi connectivity index (χ2n) is 5.95. The Hall–Kier alpha value is -3.31. The SMILES string of the molecule is CCOc1cc(/C=C2\SC(=O)N(Cc3ccccc3F)C2=O)ccc1OCC#N. The molecular formula is C21H17FN2O4S. The maximum Gasteiger partial charge on any atom is 0.293 e. The standard InChI is InChI=1S/C21H17FN2O4S/c1-2-27-18-11-14(7-8-17(18)28-10-9-23)12-19-20(25)24(21(26)29-19)13-15-5-3-4-6-16(15)22/h3-8,11-12H,2,10,13H2,1H3/b19-12-. The second kappa shape index (κ2) is 9.26. The molecule has 3 rings (SSSR count).